The molecule has 0 aliphatic heterocycles. The Hall–Kier alpha value is -1.06. The van der Waals surface area contributed by atoms with E-state index in [9.17, 15) is 4.39 Å². The zero-order valence-corrected chi connectivity index (χ0v) is 7.40. The second kappa shape index (κ2) is 3.01. The Morgan fingerprint density at radius 3 is 2.92 bits per heavy atom. The van der Waals surface area contributed by atoms with E-state index in [2.05, 4.69) is 4.98 Å². The lowest BCUT2D eigenvalue weighted by molar-refractivity contribution is 0.278. The van der Waals surface area contributed by atoms with Crippen molar-refractivity contribution in [1.29, 1.82) is 0 Å². The summed E-state index contributed by atoms with van der Waals surface area (Å²) in [4.78, 5) is 2.89. The second-order valence-corrected chi connectivity index (χ2v) is 3.14. The molecule has 0 aliphatic rings. The van der Waals surface area contributed by atoms with Crippen molar-refractivity contribution in [2.45, 2.75) is 6.61 Å². The van der Waals surface area contributed by atoms with Crippen molar-refractivity contribution in [3.05, 3.63) is 34.7 Å². The number of aromatic nitrogens is 1. The van der Waals surface area contributed by atoms with Crippen LogP contribution in [0.15, 0.2) is 18.2 Å². The SMILES string of the molecule is OCc1[nH]c2ccc(F)cc2c1Cl. The average molecular weight is 200 g/mol. The van der Waals surface area contributed by atoms with Crippen LogP contribution in [0.25, 0.3) is 10.9 Å². The van der Waals surface area contributed by atoms with Gasteiger partial charge in [0.25, 0.3) is 0 Å². The van der Waals surface area contributed by atoms with E-state index in [1.807, 2.05) is 0 Å². The lowest BCUT2D eigenvalue weighted by Gasteiger charge is -1.90. The van der Waals surface area contributed by atoms with E-state index in [0.29, 0.717) is 16.1 Å². The minimum absolute atomic E-state index is 0.171. The molecule has 0 fully saturated rings. The Kier molecular flexibility index (Phi) is 1.98. The number of nitrogens with one attached hydrogen (secondary N) is 1. The van der Waals surface area contributed by atoms with Crippen LogP contribution in [0.4, 0.5) is 4.39 Å². The van der Waals surface area contributed by atoms with Crippen molar-refractivity contribution in [3.63, 3.8) is 0 Å². The maximum atomic E-state index is 12.8. The number of aliphatic hydroxyl groups is 1. The fraction of sp³-hybridized carbons (Fsp3) is 0.111. The topological polar surface area (TPSA) is 36.0 Å². The first-order valence-electron chi connectivity index (χ1n) is 3.79. The molecule has 2 N–H and O–H groups in total. The fourth-order valence-electron chi connectivity index (χ4n) is 1.30. The highest BCUT2D eigenvalue weighted by atomic mass is 35.5. The summed E-state index contributed by atoms with van der Waals surface area (Å²) >= 11 is 5.87. The number of H-pyrrole nitrogens is 1. The molecule has 0 atom stereocenters. The first-order valence-corrected chi connectivity index (χ1v) is 4.16. The minimum atomic E-state index is -0.335. The molecule has 1 heterocycles. The standard InChI is InChI=1S/C9H7ClFNO/c10-9-6-3-5(11)1-2-7(6)12-8(9)4-13/h1-3,12-13H,4H2. The van der Waals surface area contributed by atoms with Gasteiger partial charge >= 0.3 is 0 Å². The number of aromatic amines is 1. The van der Waals surface area contributed by atoms with E-state index in [1.165, 1.54) is 12.1 Å². The van der Waals surface area contributed by atoms with Gasteiger partial charge in [0.15, 0.2) is 0 Å². The average Bonchev–Trinajstić information content (AvgIpc) is 2.44. The predicted octanol–water partition coefficient (Wildman–Crippen LogP) is 2.45. The Labute approximate surface area is 79.0 Å². The Balaban J connectivity index is 2.77. The van der Waals surface area contributed by atoms with Gasteiger partial charge in [0.05, 0.1) is 17.3 Å². The van der Waals surface area contributed by atoms with Crippen LogP contribution >= 0.6 is 11.6 Å². The van der Waals surface area contributed by atoms with Gasteiger partial charge in [-0.25, -0.2) is 4.39 Å². The van der Waals surface area contributed by atoms with Gasteiger partial charge in [-0.05, 0) is 18.2 Å². The van der Waals surface area contributed by atoms with E-state index in [1.54, 1.807) is 6.07 Å². The third kappa shape index (κ3) is 1.30. The van der Waals surface area contributed by atoms with Crippen molar-refractivity contribution < 1.29 is 9.50 Å². The first kappa shape index (κ1) is 8.53. The molecule has 1 aromatic heterocycles. The van der Waals surface area contributed by atoms with Crippen LogP contribution in [0, 0.1) is 5.82 Å². The van der Waals surface area contributed by atoms with Gasteiger partial charge in [-0.15, -0.1) is 0 Å². The van der Waals surface area contributed by atoms with Crippen molar-refractivity contribution in [2.75, 3.05) is 0 Å². The van der Waals surface area contributed by atoms with Crippen LogP contribution in [0.1, 0.15) is 5.69 Å². The van der Waals surface area contributed by atoms with Crippen molar-refractivity contribution in [3.8, 4) is 0 Å². The lowest BCUT2D eigenvalue weighted by atomic mass is 10.2. The maximum Gasteiger partial charge on any atom is 0.124 e. The highest BCUT2D eigenvalue weighted by molar-refractivity contribution is 6.36. The predicted molar refractivity (Wildman–Crippen MR) is 49.2 cm³/mol. The number of hydrogen-bond donors (Lipinski definition) is 2. The van der Waals surface area contributed by atoms with Crippen molar-refractivity contribution >= 4 is 22.5 Å². The van der Waals surface area contributed by atoms with Crippen LogP contribution in [0.3, 0.4) is 0 Å². The molecular formula is C9H7ClFNO. The molecule has 0 saturated heterocycles. The summed E-state index contributed by atoms with van der Waals surface area (Å²) in [6, 6.07) is 4.28. The Bertz CT molecular complexity index is 452. The number of rotatable bonds is 1. The van der Waals surface area contributed by atoms with Crippen LogP contribution in [-0.2, 0) is 6.61 Å². The summed E-state index contributed by atoms with van der Waals surface area (Å²) in [5, 5.41) is 9.87. The van der Waals surface area contributed by atoms with Gasteiger partial charge in [0, 0.05) is 10.9 Å². The van der Waals surface area contributed by atoms with E-state index in [4.69, 9.17) is 16.7 Å². The van der Waals surface area contributed by atoms with Gasteiger partial charge in [-0.3, -0.25) is 0 Å². The molecule has 0 radical (unpaired) electrons. The van der Waals surface area contributed by atoms with Gasteiger partial charge < -0.3 is 10.1 Å². The maximum absolute atomic E-state index is 12.8. The second-order valence-electron chi connectivity index (χ2n) is 2.77. The normalized spacial score (nSPS) is 11.0. The zero-order valence-electron chi connectivity index (χ0n) is 6.64. The smallest absolute Gasteiger partial charge is 0.124 e. The summed E-state index contributed by atoms with van der Waals surface area (Å²) < 4.78 is 12.8. The minimum Gasteiger partial charge on any atom is -0.390 e. The molecule has 1 aromatic carbocycles. The van der Waals surface area contributed by atoms with Crippen LogP contribution < -0.4 is 0 Å². The molecule has 0 unspecified atom stereocenters. The third-order valence-electron chi connectivity index (χ3n) is 1.93. The third-order valence-corrected chi connectivity index (χ3v) is 2.36. The molecule has 0 spiro atoms. The molecule has 2 rings (SSSR count). The van der Waals surface area contributed by atoms with Crippen LogP contribution in [0.5, 0.6) is 0 Å². The highest BCUT2D eigenvalue weighted by Crippen LogP contribution is 2.27. The first-order chi connectivity index (χ1) is 6.22. The summed E-state index contributed by atoms with van der Waals surface area (Å²) in [5.41, 5.74) is 1.25. The monoisotopic (exact) mass is 199 g/mol. The van der Waals surface area contributed by atoms with E-state index < -0.39 is 0 Å². The zero-order chi connectivity index (χ0) is 9.42. The van der Waals surface area contributed by atoms with Crippen molar-refractivity contribution in [2.24, 2.45) is 0 Å². The molecule has 0 aliphatic carbocycles. The number of hydrogen-bond acceptors (Lipinski definition) is 1. The Morgan fingerprint density at radius 1 is 1.46 bits per heavy atom. The summed E-state index contributed by atoms with van der Waals surface area (Å²) in [7, 11) is 0. The van der Waals surface area contributed by atoms with Crippen molar-refractivity contribution in [1.82, 2.24) is 4.98 Å². The summed E-state index contributed by atoms with van der Waals surface area (Å²) in [6.07, 6.45) is 0. The van der Waals surface area contributed by atoms with Gasteiger partial charge in [-0.2, -0.15) is 0 Å². The molecule has 68 valence electrons. The Morgan fingerprint density at radius 2 is 2.23 bits per heavy atom. The fourth-order valence-corrected chi connectivity index (χ4v) is 1.56. The van der Waals surface area contributed by atoms with E-state index >= 15 is 0 Å². The number of halogens is 2. The molecular weight excluding hydrogens is 193 g/mol. The summed E-state index contributed by atoms with van der Waals surface area (Å²) in [5.74, 6) is -0.335. The number of aliphatic hydroxyl groups excluding tert-OH is 1. The molecule has 0 saturated carbocycles. The molecule has 2 aromatic rings. The molecule has 13 heavy (non-hydrogen) atoms. The number of fused-ring (bicyclic) bond motifs is 1. The van der Waals surface area contributed by atoms with Gasteiger partial charge in [-0.1, -0.05) is 11.6 Å². The molecule has 0 bridgehead atoms. The summed E-state index contributed by atoms with van der Waals surface area (Å²) in [6.45, 7) is -0.171. The lowest BCUT2D eigenvalue weighted by Crippen LogP contribution is -1.81. The van der Waals surface area contributed by atoms with Crippen LogP contribution in [-0.4, -0.2) is 10.1 Å². The van der Waals surface area contributed by atoms with Gasteiger partial charge in [0.1, 0.15) is 5.82 Å². The molecule has 2 nitrogen and oxygen atoms in total. The van der Waals surface area contributed by atoms with E-state index in [0.717, 1.165) is 5.52 Å². The molecule has 0 amide bonds. The number of benzene rings is 1. The van der Waals surface area contributed by atoms with Crippen LogP contribution in [0.2, 0.25) is 5.02 Å². The largest absolute Gasteiger partial charge is 0.390 e. The van der Waals surface area contributed by atoms with Gasteiger partial charge in [0.2, 0.25) is 0 Å². The quantitative estimate of drug-likeness (QED) is 0.727. The van der Waals surface area contributed by atoms with E-state index in [-0.39, 0.29) is 12.4 Å². The highest BCUT2D eigenvalue weighted by Gasteiger charge is 2.08. The molecule has 4 heteroatoms.